The molecule has 0 saturated heterocycles. The first kappa shape index (κ1) is 20.6. The number of carbonyl (C=O) groups excluding carboxylic acids is 3. The largest absolute Gasteiger partial charge is 0.493 e. The Morgan fingerprint density at radius 3 is 2.61 bits per heavy atom. The lowest BCUT2D eigenvalue weighted by Crippen LogP contribution is -2.11. The second-order valence-corrected chi connectivity index (χ2v) is 5.48. The van der Waals surface area contributed by atoms with Crippen molar-refractivity contribution in [2.45, 2.75) is 13.8 Å². The van der Waals surface area contributed by atoms with E-state index in [1.807, 2.05) is 0 Å². The Hall–Kier alpha value is -3.68. The van der Waals surface area contributed by atoms with Gasteiger partial charge in [-0.05, 0) is 42.8 Å². The summed E-state index contributed by atoms with van der Waals surface area (Å²) in [4.78, 5) is 38.9. The molecule has 0 aliphatic rings. The molecule has 0 unspecified atom stereocenters. The number of hydrogen-bond acceptors (Lipinski definition) is 7. The van der Waals surface area contributed by atoms with Gasteiger partial charge in [-0.15, -0.1) is 0 Å². The molecule has 146 valence electrons. The van der Waals surface area contributed by atoms with Crippen molar-refractivity contribution in [2.24, 2.45) is 0 Å². The predicted molar refractivity (Wildman–Crippen MR) is 102 cm³/mol. The van der Waals surface area contributed by atoms with Gasteiger partial charge in [0, 0.05) is 19.2 Å². The Morgan fingerprint density at radius 2 is 1.93 bits per heavy atom. The summed E-state index contributed by atoms with van der Waals surface area (Å²) in [7, 11) is 1.45. The lowest BCUT2D eigenvalue weighted by molar-refractivity contribution is -0.132. The second-order valence-electron chi connectivity index (χ2n) is 5.48. The molecule has 2 rings (SSSR count). The average Bonchev–Trinajstić information content (AvgIpc) is 2.67. The van der Waals surface area contributed by atoms with Crippen LogP contribution in [0.1, 0.15) is 29.8 Å². The van der Waals surface area contributed by atoms with Gasteiger partial charge in [0.05, 0.1) is 19.3 Å². The van der Waals surface area contributed by atoms with Gasteiger partial charge in [-0.25, -0.2) is 9.78 Å². The fourth-order valence-electron chi connectivity index (χ4n) is 2.21. The molecule has 1 heterocycles. The zero-order valence-electron chi connectivity index (χ0n) is 15.7. The van der Waals surface area contributed by atoms with E-state index in [1.165, 1.54) is 38.4 Å². The molecule has 2 aromatic rings. The van der Waals surface area contributed by atoms with Crippen molar-refractivity contribution in [3.05, 3.63) is 53.7 Å². The number of pyridine rings is 1. The molecule has 1 aromatic carbocycles. The predicted octanol–water partition coefficient (Wildman–Crippen LogP) is 2.84. The highest BCUT2D eigenvalue weighted by Crippen LogP contribution is 2.28. The van der Waals surface area contributed by atoms with Crippen LogP contribution in [0.5, 0.6) is 11.5 Å². The van der Waals surface area contributed by atoms with Crippen molar-refractivity contribution in [2.75, 3.05) is 19.0 Å². The molecule has 0 aliphatic heterocycles. The van der Waals surface area contributed by atoms with Crippen molar-refractivity contribution in [3.8, 4) is 11.5 Å². The number of amides is 1. The third kappa shape index (κ3) is 5.94. The molecule has 0 fully saturated rings. The van der Waals surface area contributed by atoms with Crippen LogP contribution in [0, 0.1) is 0 Å². The van der Waals surface area contributed by atoms with Crippen LogP contribution in [-0.2, 0) is 14.3 Å². The Labute approximate surface area is 162 Å². The maximum Gasteiger partial charge on any atom is 0.338 e. The number of methoxy groups -OCH3 is 1. The lowest BCUT2D eigenvalue weighted by Gasteiger charge is -2.08. The van der Waals surface area contributed by atoms with Gasteiger partial charge < -0.3 is 19.5 Å². The first-order valence-corrected chi connectivity index (χ1v) is 8.41. The molecule has 1 aromatic heterocycles. The van der Waals surface area contributed by atoms with Crippen molar-refractivity contribution >= 4 is 29.7 Å². The average molecular weight is 384 g/mol. The van der Waals surface area contributed by atoms with Crippen molar-refractivity contribution in [3.63, 3.8) is 0 Å². The topological polar surface area (TPSA) is 104 Å². The molecule has 28 heavy (non-hydrogen) atoms. The molecule has 1 amide bonds. The number of benzene rings is 1. The Bertz CT molecular complexity index is 907. The minimum absolute atomic E-state index is 0.225. The van der Waals surface area contributed by atoms with Gasteiger partial charge in [0.25, 0.3) is 0 Å². The standard InChI is InChI=1S/C20H20N2O6/c1-4-27-20(25)15-9-10-21-18(12-15)22-19(24)8-6-14-5-7-16(28-13(2)23)17(11-14)26-3/h5-12H,4H2,1-3H3,(H,21,22,24)/b8-6+. The molecule has 1 N–H and O–H groups in total. The van der Waals surface area contributed by atoms with Crippen LogP contribution < -0.4 is 14.8 Å². The van der Waals surface area contributed by atoms with Crippen LogP contribution in [0.25, 0.3) is 6.08 Å². The molecule has 0 bridgehead atoms. The molecule has 8 heteroatoms. The molecule has 8 nitrogen and oxygen atoms in total. The van der Waals surface area contributed by atoms with Gasteiger partial charge in [-0.1, -0.05) is 6.07 Å². The fourth-order valence-corrected chi connectivity index (χ4v) is 2.21. The first-order chi connectivity index (χ1) is 13.4. The third-order valence-electron chi connectivity index (χ3n) is 3.39. The number of nitrogens with one attached hydrogen (secondary N) is 1. The minimum Gasteiger partial charge on any atom is -0.493 e. The molecule has 0 saturated carbocycles. The summed E-state index contributed by atoms with van der Waals surface area (Å²) in [6.07, 6.45) is 4.27. The van der Waals surface area contributed by atoms with E-state index in [2.05, 4.69) is 10.3 Å². The second kappa shape index (κ2) is 9.86. The summed E-state index contributed by atoms with van der Waals surface area (Å²) in [5.41, 5.74) is 0.957. The number of rotatable bonds is 7. The number of nitrogens with zero attached hydrogens (tertiary/aromatic N) is 1. The van der Waals surface area contributed by atoms with Crippen LogP contribution in [0.4, 0.5) is 5.82 Å². The van der Waals surface area contributed by atoms with Gasteiger partial charge in [0.15, 0.2) is 11.5 Å². The van der Waals surface area contributed by atoms with Crippen LogP contribution >= 0.6 is 0 Å². The molecule has 0 radical (unpaired) electrons. The summed E-state index contributed by atoms with van der Waals surface area (Å²) < 4.78 is 15.1. The molecule has 0 spiro atoms. The lowest BCUT2D eigenvalue weighted by atomic mass is 10.2. The molecular formula is C20H20N2O6. The van der Waals surface area contributed by atoms with E-state index in [0.29, 0.717) is 16.9 Å². The zero-order chi connectivity index (χ0) is 20.5. The van der Waals surface area contributed by atoms with Crippen LogP contribution in [-0.4, -0.2) is 36.5 Å². The first-order valence-electron chi connectivity index (χ1n) is 8.41. The van der Waals surface area contributed by atoms with E-state index in [9.17, 15) is 14.4 Å². The monoisotopic (exact) mass is 384 g/mol. The summed E-state index contributed by atoms with van der Waals surface area (Å²) in [6, 6.07) is 7.80. The van der Waals surface area contributed by atoms with E-state index in [1.54, 1.807) is 31.2 Å². The van der Waals surface area contributed by atoms with Crippen molar-refractivity contribution in [1.82, 2.24) is 4.98 Å². The zero-order valence-corrected chi connectivity index (χ0v) is 15.7. The summed E-state index contributed by atoms with van der Waals surface area (Å²) >= 11 is 0. The fraction of sp³-hybridized carbons (Fsp3) is 0.200. The maximum atomic E-state index is 12.1. The number of carbonyl (C=O) groups is 3. The number of ether oxygens (including phenoxy) is 3. The molecule has 0 atom stereocenters. The third-order valence-corrected chi connectivity index (χ3v) is 3.39. The summed E-state index contributed by atoms with van der Waals surface area (Å²) in [5.74, 6) is -0.507. The Balaban J connectivity index is 2.07. The maximum absolute atomic E-state index is 12.1. The van der Waals surface area contributed by atoms with Gasteiger partial charge in [0.2, 0.25) is 5.91 Å². The summed E-state index contributed by atoms with van der Waals surface area (Å²) in [5, 5.41) is 2.57. The quantitative estimate of drug-likeness (QED) is 0.445. The smallest absolute Gasteiger partial charge is 0.338 e. The minimum atomic E-state index is -0.490. The number of anilines is 1. The number of hydrogen-bond donors (Lipinski definition) is 1. The van der Waals surface area contributed by atoms with Crippen LogP contribution in [0.15, 0.2) is 42.6 Å². The number of esters is 2. The van der Waals surface area contributed by atoms with Gasteiger partial charge in [-0.2, -0.15) is 0 Å². The molecule has 0 aliphatic carbocycles. The van der Waals surface area contributed by atoms with Crippen molar-refractivity contribution in [1.29, 1.82) is 0 Å². The summed E-state index contributed by atoms with van der Waals surface area (Å²) in [6.45, 7) is 3.26. The highest BCUT2D eigenvalue weighted by molar-refractivity contribution is 6.02. The van der Waals surface area contributed by atoms with Gasteiger partial charge in [-0.3, -0.25) is 9.59 Å². The Morgan fingerprint density at radius 1 is 1.14 bits per heavy atom. The highest BCUT2D eigenvalue weighted by Gasteiger charge is 2.09. The van der Waals surface area contributed by atoms with Crippen LogP contribution in [0.2, 0.25) is 0 Å². The van der Waals surface area contributed by atoms with Crippen LogP contribution in [0.3, 0.4) is 0 Å². The van der Waals surface area contributed by atoms with E-state index in [-0.39, 0.29) is 18.2 Å². The molecular weight excluding hydrogens is 364 g/mol. The van der Waals surface area contributed by atoms with E-state index in [0.717, 1.165) is 0 Å². The van der Waals surface area contributed by atoms with E-state index < -0.39 is 17.8 Å². The highest BCUT2D eigenvalue weighted by atomic mass is 16.6. The number of aromatic nitrogens is 1. The SMILES string of the molecule is CCOC(=O)c1ccnc(NC(=O)/C=C/c2ccc(OC(C)=O)c(OC)c2)c1. The van der Waals surface area contributed by atoms with Gasteiger partial charge in [0.1, 0.15) is 5.82 Å². The van der Waals surface area contributed by atoms with Gasteiger partial charge >= 0.3 is 11.9 Å². The normalized spacial score (nSPS) is 10.4. The van der Waals surface area contributed by atoms with Crippen molar-refractivity contribution < 1.29 is 28.6 Å². The van der Waals surface area contributed by atoms with E-state index in [4.69, 9.17) is 14.2 Å². The van der Waals surface area contributed by atoms with E-state index >= 15 is 0 Å². The Kier molecular flexibility index (Phi) is 7.27.